The van der Waals surface area contributed by atoms with E-state index in [1.165, 1.54) is 12.7 Å². The molecule has 1 saturated carbocycles. The highest BCUT2D eigenvalue weighted by Crippen LogP contribution is 2.37. The molecule has 2 atom stereocenters. The van der Waals surface area contributed by atoms with Crippen LogP contribution in [0.15, 0.2) is 23.1 Å². The lowest BCUT2D eigenvalue weighted by Crippen LogP contribution is -2.05. The Bertz CT molecular complexity index is 817. The van der Waals surface area contributed by atoms with Crippen LogP contribution in [0.5, 0.6) is 0 Å². The Balaban J connectivity index is 2.25. The summed E-state index contributed by atoms with van der Waals surface area (Å²) in [5.41, 5.74) is 1.54. The number of hydrogen-bond acceptors (Lipinski definition) is 3. The molecule has 1 heterocycles. The van der Waals surface area contributed by atoms with Gasteiger partial charge in [0, 0.05) is 12.3 Å². The molecule has 0 saturated heterocycles. The summed E-state index contributed by atoms with van der Waals surface area (Å²) in [6.07, 6.45) is 4.63. The number of nitrogens with zero attached hydrogens (tertiary/aromatic N) is 1. The number of aromatic amines is 1. The van der Waals surface area contributed by atoms with E-state index in [0.717, 1.165) is 18.4 Å². The minimum Gasteiger partial charge on any atom is -0.329 e. The molecule has 6 heteroatoms. The maximum absolute atomic E-state index is 11.9. The lowest BCUT2D eigenvalue weighted by molar-refractivity contribution is 0.500. The monoisotopic (exact) mass is 310 g/mol. The first-order valence-electron chi connectivity index (χ1n) is 6.81. The van der Waals surface area contributed by atoms with E-state index in [-0.39, 0.29) is 0 Å². The first-order valence-corrected chi connectivity index (χ1v) is 9.11. The minimum absolute atomic E-state index is 0.325. The van der Waals surface area contributed by atoms with E-state index in [9.17, 15) is 8.42 Å². The van der Waals surface area contributed by atoms with Gasteiger partial charge in [-0.1, -0.05) is 13.0 Å². The number of nitrogens with one attached hydrogen (secondary N) is 1. The van der Waals surface area contributed by atoms with Crippen LogP contribution in [0.3, 0.4) is 0 Å². The second-order valence-corrected chi connectivity index (χ2v) is 8.17. The Labute approximate surface area is 123 Å². The van der Waals surface area contributed by atoms with Crippen molar-refractivity contribution in [2.24, 2.45) is 5.92 Å². The van der Waals surface area contributed by atoms with Crippen molar-refractivity contribution in [3.63, 3.8) is 0 Å². The summed E-state index contributed by atoms with van der Waals surface area (Å²) in [6.45, 7) is 2.25. The van der Waals surface area contributed by atoms with Crippen molar-refractivity contribution < 1.29 is 8.42 Å². The van der Waals surface area contributed by atoms with Crippen LogP contribution in [0.2, 0.25) is 0 Å². The number of H-pyrrole nitrogens is 1. The van der Waals surface area contributed by atoms with Gasteiger partial charge in [0.1, 0.15) is 0 Å². The molecule has 3 rings (SSSR count). The number of hydrogen-bond donors (Lipinski definition) is 1. The Kier molecular flexibility index (Phi) is 3.25. The average molecular weight is 310 g/mol. The quantitative estimate of drug-likeness (QED) is 0.864. The Morgan fingerprint density at radius 2 is 2.10 bits per heavy atom. The summed E-state index contributed by atoms with van der Waals surface area (Å²) in [5.74, 6) is 0.699. The van der Waals surface area contributed by atoms with Crippen molar-refractivity contribution in [2.75, 3.05) is 6.26 Å². The van der Waals surface area contributed by atoms with Gasteiger partial charge in [0.2, 0.25) is 0 Å². The van der Waals surface area contributed by atoms with Crippen molar-refractivity contribution in [2.45, 2.75) is 37.1 Å². The van der Waals surface area contributed by atoms with Crippen molar-refractivity contribution in [1.82, 2.24) is 9.55 Å². The van der Waals surface area contributed by atoms with E-state index in [1.54, 1.807) is 12.1 Å². The number of benzene rings is 1. The molecule has 0 radical (unpaired) electrons. The van der Waals surface area contributed by atoms with Crippen molar-refractivity contribution in [1.29, 1.82) is 0 Å². The van der Waals surface area contributed by atoms with E-state index in [0.29, 0.717) is 27.1 Å². The summed E-state index contributed by atoms with van der Waals surface area (Å²) >= 11 is 5.42. The van der Waals surface area contributed by atoms with E-state index in [2.05, 4.69) is 16.5 Å². The molecule has 2 aromatic rings. The first-order chi connectivity index (χ1) is 9.38. The lowest BCUT2D eigenvalue weighted by Gasteiger charge is -2.13. The number of aromatic nitrogens is 2. The summed E-state index contributed by atoms with van der Waals surface area (Å²) in [7, 11) is -3.26. The Hall–Kier alpha value is -1.14. The van der Waals surface area contributed by atoms with Crippen LogP contribution < -0.4 is 0 Å². The molecule has 0 amide bonds. The molecule has 0 spiro atoms. The molecule has 0 aliphatic heterocycles. The minimum atomic E-state index is -3.26. The molecule has 1 aromatic heterocycles. The van der Waals surface area contributed by atoms with Gasteiger partial charge in [0.15, 0.2) is 14.6 Å². The standard InChI is InChI=1S/C14H18N2O2S2/c1-9-6-7-10(8-9)16-11-4-3-5-12(20(2,17)18)13(11)15-14(16)19/h3-5,9-10H,6-8H2,1-2H3,(H,15,19). The average Bonchev–Trinajstić information content (AvgIpc) is 2.89. The fourth-order valence-corrected chi connectivity index (χ4v) is 4.41. The highest BCUT2D eigenvalue weighted by Gasteiger charge is 2.26. The van der Waals surface area contributed by atoms with Crippen molar-refractivity contribution in [3.8, 4) is 0 Å². The predicted octanol–water partition coefficient (Wildman–Crippen LogP) is 3.46. The van der Waals surface area contributed by atoms with Crippen LogP contribution in [0, 0.1) is 10.7 Å². The largest absolute Gasteiger partial charge is 0.329 e. The smallest absolute Gasteiger partial charge is 0.178 e. The maximum Gasteiger partial charge on any atom is 0.178 e. The molecule has 20 heavy (non-hydrogen) atoms. The number of para-hydroxylation sites is 1. The van der Waals surface area contributed by atoms with Crippen LogP contribution in [0.1, 0.15) is 32.2 Å². The molecule has 1 N–H and O–H groups in total. The molecule has 1 aliphatic rings. The number of fused-ring (bicyclic) bond motifs is 1. The normalized spacial score (nSPS) is 23.5. The molecular weight excluding hydrogens is 292 g/mol. The third-order valence-corrected chi connectivity index (χ3v) is 5.58. The summed E-state index contributed by atoms with van der Waals surface area (Å²) in [6, 6.07) is 5.74. The Morgan fingerprint density at radius 1 is 1.35 bits per heavy atom. The summed E-state index contributed by atoms with van der Waals surface area (Å²) in [4.78, 5) is 3.42. The van der Waals surface area contributed by atoms with Crippen molar-refractivity contribution >= 4 is 33.1 Å². The first kappa shape index (κ1) is 13.8. The fourth-order valence-electron chi connectivity index (χ4n) is 3.21. The molecule has 2 unspecified atom stereocenters. The van der Waals surface area contributed by atoms with Crippen LogP contribution in [-0.4, -0.2) is 24.2 Å². The second-order valence-electron chi connectivity index (χ2n) is 5.79. The van der Waals surface area contributed by atoms with Gasteiger partial charge in [-0.25, -0.2) is 8.42 Å². The molecule has 0 bridgehead atoms. The number of imidazole rings is 1. The van der Waals surface area contributed by atoms with E-state index < -0.39 is 9.84 Å². The van der Waals surface area contributed by atoms with Crippen LogP contribution in [-0.2, 0) is 9.84 Å². The van der Waals surface area contributed by atoms with Gasteiger partial charge >= 0.3 is 0 Å². The maximum atomic E-state index is 11.9. The molecule has 4 nitrogen and oxygen atoms in total. The molecule has 1 aliphatic carbocycles. The fraction of sp³-hybridized carbons (Fsp3) is 0.500. The second kappa shape index (κ2) is 4.70. The molecule has 1 aromatic carbocycles. The van der Waals surface area contributed by atoms with E-state index in [1.807, 2.05) is 6.07 Å². The number of rotatable bonds is 2. The van der Waals surface area contributed by atoms with E-state index in [4.69, 9.17) is 12.2 Å². The third kappa shape index (κ3) is 2.20. The highest BCUT2D eigenvalue weighted by atomic mass is 32.2. The van der Waals surface area contributed by atoms with Gasteiger partial charge in [-0.2, -0.15) is 0 Å². The third-order valence-electron chi connectivity index (χ3n) is 4.15. The Morgan fingerprint density at radius 3 is 2.70 bits per heavy atom. The molecule has 108 valence electrons. The highest BCUT2D eigenvalue weighted by molar-refractivity contribution is 7.91. The zero-order chi connectivity index (χ0) is 14.5. The SMILES string of the molecule is CC1CCC(n2c(=S)[nH]c3c(S(C)(=O)=O)cccc32)C1. The zero-order valence-electron chi connectivity index (χ0n) is 11.6. The lowest BCUT2D eigenvalue weighted by atomic mass is 10.1. The van der Waals surface area contributed by atoms with Gasteiger partial charge in [-0.15, -0.1) is 0 Å². The van der Waals surface area contributed by atoms with Gasteiger partial charge < -0.3 is 9.55 Å². The number of sulfone groups is 1. The van der Waals surface area contributed by atoms with E-state index >= 15 is 0 Å². The van der Waals surface area contributed by atoms with Gasteiger partial charge in [0.05, 0.1) is 15.9 Å². The predicted molar refractivity (Wildman–Crippen MR) is 82.3 cm³/mol. The molecular formula is C14H18N2O2S2. The summed E-state index contributed by atoms with van der Waals surface area (Å²) < 4.78 is 26.5. The van der Waals surface area contributed by atoms with Crippen LogP contribution in [0.25, 0.3) is 11.0 Å². The van der Waals surface area contributed by atoms with Gasteiger partial charge in [0.25, 0.3) is 0 Å². The van der Waals surface area contributed by atoms with Crippen LogP contribution in [0.4, 0.5) is 0 Å². The summed E-state index contributed by atoms with van der Waals surface area (Å²) in [5, 5.41) is 0. The van der Waals surface area contributed by atoms with Gasteiger partial charge in [-0.05, 0) is 49.5 Å². The zero-order valence-corrected chi connectivity index (χ0v) is 13.2. The van der Waals surface area contributed by atoms with Crippen LogP contribution >= 0.6 is 12.2 Å². The van der Waals surface area contributed by atoms with Gasteiger partial charge in [-0.3, -0.25) is 0 Å². The molecule has 1 fully saturated rings. The topological polar surface area (TPSA) is 54.9 Å². The van der Waals surface area contributed by atoms with Crippen molar-refractivity contribution in [3.05, 3.63) is 23.0 Å².